The molecule has 0 saturated carbocycles. The van der Waals surface area contributed by atoms with Gasteiger partial charge in [0.1, 0.15) is 11.5 Å². The van der Waals surface area contributed by atoms with Crippen molar-refractivity contribution in [3.05, 3.63) is 121 Å². The minimum Gasteiger partial charge on any atom is -0.441 e. The Morgan fingerprint density at radius 2 is 1.08 bits per heavy atom. The van der Waals surface area contributed by atoms with Crippen molar-refractivity contribution in [2.45, 2.75) is 0 Å². The molecule has 1 saturated heterocycles. The number of hydrogen-bond acceptors (Lipinski definition) is 9. The average molecular weight is 539 g/mol. The summed E-state index contributed by atoms with van der Waals surface area (Å²) in [5.41, 5.74) is 0. The predicted octanol–water partition coefficient (Wildman–Crippen LogP) is 6.39. The summed E-state index contributed by atoms with van der Waals surface area (Å²) in [7, 11) is -3.15. The molecule has 1 aliphatic heterocycles. The van der Waals surface area contributed by atoms with E-state index in [1.165, 1.54) is 5.00 Å². The van der Waals surface area contributed by atoms with Crippen molar-refractivity contribution < 1.29 is 19.0 Å². The average Bonchev–Trinajstić information content (AvgIpc) is 2.93. The molecule has 3 atom stereocenters. The second-order valence-electron chi connectivity index (χ2n) is 7.21. The van der Waals surface area contributed by atoms with E-state index in [2.05, 4.69) is 4.86 Å². The summed E-state index contributed by atoms with van der Waals surface area (Å²) >= 11 is 0. The van der Waals surface area contributed by atoms with Gasteiger partial charge < -0.3 is 19.0 Å². The Hall–Kier alpha value is -2.83. The van der Waals surface area contributed by atoms with E-state index in [1.54, 1.807) is 9.15 Å². The number of hydrogen-bond donors (Lipinski definition) is 2. The van der Waals surface area contributed by atoms with Crippen LogP contribution in [0.3, 0.4) is 0 Å². The fraction of sp³-hybridized carbons (Fsp3) is 0. The van der Waals surface area contributed by atoms with Gasteiger partial charge in [-0.25, -0.2) is 4.86 Å². The van der Waals surface area contributed by atoms with Crippen molar-refractivity contribution >= 4 is 25.7 Å². The molecule has 36 heavy (non-hydrogen) atoms. The maximum atomic E-state index is 6.71. The molecule has 3 N–H and O–H groups in total. The van der Waals surface area contributed by atoms with Crippen molar-refractivity contribution in [3.8, 4) is 23.0 Å². The Labute approximate surface area is 213 Å². The van der Waals surface area contributed by atoms with Gasteiger partial charge in [0.2, 0.25) is 8.37 Å². The molecule has 4 aromatic rings. The molecule has 4 aromatic carbocycles. The van der Waals surface area contributed by atoms with Crippen LogP contribution in [-0.4, -0.2) is 14.2 Å². The third-order valence-corrected chi connectivity index (χ3v) is 9.89. The second-order valence-corrected chi connectivity index (χ2v) is 12.2. The maximum absolute atomic E-state index is 6.71. The number of nitrogens with two attached hydrogens (primary N) is 1. The van der Waals surface area contributed by atoms with Crippen LogP contribution in [0.15, 0.2) is 121 Å². The molecule has 1 aliphatic rings. The molecule has 1 heterocycles. The lowest BCUT2D eigenvalue weighted by atomic mass is 10.3. The molecule has 0 amide bonds. The van der Waals surface area contributed by atoms with Gasteiger partial charge in [-0.05, 0) is 53.1 Å². The normalized spacial score (nSPS) is 19.2. The first-order chi connectivity index (χ1) is 17.8. The molecule has 0 spiro atoms. The summed E-state index contributed by atoms with van der Waals surface area (Å²) in [5, 5.41) is 0. The van der Waals surface area contributed by atoms with E-state index in [1.807, 2.05) is 121 Å². The zero-order valence-corrected chi connectivity index (χ0v) is 21.8. The zero-order chi connectivity index (χ0) is 24.6. The molecule has 9 nitrogen and oxygen atoms in total. The summed E-state index contributed by atoms with van der Waals surface area (Å²) in [6.07, 6.45) is 0. The largest absolute Gasteiger partial charge is 0.441 e. The van der Waals surface area contributed by atoms with Crippen LogP contribution in [0.2, 0.25) is 0 Å². The van der Waals surface area contributed by atoms with Gasteiger partial charge in [0.05, 0.1) is 13.9 Å². The molecule has 0 aliphatic carbocycles. The SMILES string of the molecule is NN1P(N(Oc2ccccc2)Oc2ccccc2)NPN(Oc2ccccc2)P1Oc1ccccc1. The van der Waals surface area contributed by atoms with Gasteiger partial charge in [-0.1, -0.05) is 72.8 Å². The van der Waals surface area contributed by atoms with Crippen LogP contribution in [0.1, 0.15) is 0 Å². The Morgan fingerprint density at radius 3 is 1.58 bits per heavy atom. The molecule has 0 radical (unpaired) electrons. The van der Waals surface area contributed by atoms with E-state index in [9.17, 15) is 0 Å². The van der Waals surface area contributed by atoms with Gasteiger partial charge in [-0.3, -0.25) is 5.84 Å². The van der Waals surface area contributed by atoms with Gasteiger partial charge in [0.15, 0.2) is 11.5 Å². The fourth-order valence-corrected chi connectivity index (χ4v) is 8.75. The van der Waals surface area contributed by atoms with Crippen LogP contribution < -0.4 is 29.7 Å². The van der Waals surface area contributed by atoms with Crippen molar-refractivity contribution in [2.24, 2.45) is 5.84 Å². The van der Waals surface area contributed by atoms with Gasteiger partial charge in [-0.15, -0.1) is 4.55 Å². The number of nitrogens with one attached hydrogen (secondary N) is 1. The summed E-state index contributed by atoms with van der Waals surface area (Å²) < 4.78 is 9.61. The predicted molar refractivity (Wildman–Crippen MR) is 143 cm³/mol. The highest BCUT2D eigenvalue weighted by atomic mass is 31.3. The van der Waals surface area contributed by atoms with Crippen LogP contribution in [0.25, 0.3) is 0 Å². The van der Waals surface area contributed by atoms with E-state index in [0.717, 1.165) is 0 Å². The Kier molecular flexibility index (Phi) is 8.57. The number of rotatable bonds is 9. The van der Waals surface area contributed by atoms with Gasteiger partial charge >= 0.3 is 8.45 Å². The van der Waals surface area contributed by atoms with E-state index < -0.39 is 16.8 Å². The quantitative estimate of drug-likeness (QED) is 0.143. The molecular formula is C24H24N5O4P3. The third-order valence-electron chi connectivity index (χ3n) is 4.64. The van der Waals surface area contributed by atoms with Crippen LogP contribution in [0.5, 0.6) is 23.0 Å². The highest BCUT2D eigenvalue weighted by Crippen LogP contribution is 2.64. The summed E-state index contributed by atoms with van der Waals surface area (Å²) in [6.45, 7) is 0. The molecule has 12 heteroatoms. The standard InChI is InChI=1S/C24H24N5O4P3/c25-27-35(28(30-21-13-5-1-6-14-21)31-22-15-7-2-8-16-22)26-34-29(32-23-17-9-3-10-18-23)36(27)33-24-19-11-4-12-20-24/h1-20,26,34H,25H2. The molecule has 0 aromatic heterocycles. The van der Waals surface area contributed by atoms with Crippen molar-refractivity contribution in [1.29, 1.82) is 0 Å². The molecule has 0 bridgehead atoms. The first-order valence-electron chi connectivity index (χ1n) is 10.9. The lowest BCUT2D eigenvalue weighted by Gasteiger charge is -2.43. The molecule has 3 unspecified atom stereocenters. The number of hydrazine groups is 1. The maximum Gasteiger partial charge on any atom is 0.309 e. The molecular weight excluding hydrogens is 515 g/mol. The molecule has 1 fully saturated rings. The lowest BCUT2D eigenvalue weighted by Crippen LogP contribution is -2.44. The van der Waals surface area contributed by atoms with E-state index in [0.29, 0.717) is 23.0 Å². The first-order valence-corrected chi connectivity index (χ1v) is 14.3. The highest BCUT2D eigenvalue weighted by Gasteiger charge is 2.45. The Balaban J connectivity index is 1.42. The van der Waals surface area contributed by atoms with Crippen molar-refractivity contribution in [3.63, 3.8) is 0 Å². The topological polar surface area (TPSA) is 84.7 Å². The summed E-state index contributed by atoms with van der Waals surface area (Å²) in [5.74, 6) is 9.26. The van der Waals surface area contributed by atoms with E-state index in [-0.39, 0.29) is 8.88 Å². The summed E-state index contributed by atoms with van der Waals surface area (Å²) in [6, 6.07) is 37.8. The fourth-order valence-electron chi connectivity index (χ4n) is 2.99. The molecule has 184 valence electrons. The van der Waals surface area contributed by atoms with Crippen LogP contribution >= 0.6 is 25.7 Å². The van der Waals surface area contributed by atoms with Crippen molar-refractivity contribution in [1.82, 2.24) is 19.0 Å². The van der Waals surface area contributed by atoms with Crippen LogP contribution in [0, 0.1) is 0 Å². The monoisotopic (exact) mass is 539 g/mol. The first kappa shape index (κ1) is 24.8. The number of benzene rings is 4. The minimum absolute atomic E-state index is 0.00123. The number of nitrogens with zero attached hydrogens (tertiary/aromatic N) is 3. The zero-order valence-electron chi connectivity index (χ0n) is 19.0. The van der Waals surface area contributed by atoms with Crippen LogP contribution in [0.4, 0.5) is 0 Å². The Morgan fingerprint density at radius 1 is 0.639 bits per heavy atom. The number of para-hydroxylation sites is 4. The van der Waals surface area contributed by atoms with Crippen molar-refractivity contribution in [2.75, 3.05) is 0 Å². The Bertz CT molecular complexity index is 1160. The molecule has 5 rings (SSSR count). The van der Waals surface area contributed by atoms with E-state index in [4.69, 9.17) is 24.9 Å². The third kappa shape index (κ3) is 6.48. The summed E-state index contributed by atoms with van der Waals surface area (Å²) in [4.78, 5) is 23.2. The van der Waals surface area contributed by atoms with E-state index >= 15 is 0 Å². The van der Waals surface area contributed by atoms with Gasteiger partial charge in [-0.2, -0.15) is 0 Å². The lowest BCUT2D eigenvalue weighted by molar-refractivity contribution is -0.176. The highest BCUT2D eigenvalue weighted by molar-refractivity contribution is 7.75. The van der Waals surface area contributed by atoms with Crippen LogP contribution in [-0.2, 0) is 0 Å². The second kappa shape index (κ2) is 12.4. The smallest absolute Gasteiger partial charge is 0.309 e. The van der Waals surface area contributed by atoms with Gasteiger partial charge in [0, 0.05) is 0 Å². The van der Waals surface area contributed by atoms with Gasteiger partial charge in [0.25, 0.3) is 0 Å². The minimum atomic E-state index is -1.62.